The minimum atomic E-state index is -0.360. The zero-order chi connectivity index (χ0) is 14.8. The van der Waals surface area contributed by atoms with Crippen molar-refractivity contribution in [2.75, 3.05) is 0 Å². The van der Waals surface area contributed by atoms with Gasteiger partial charge in [-0.1, -0.05) is 24.3 Å². The van der Waals surface area contributed by atoms with Gasteiger partial charge >= 0.3 is 0 Å². The van der Waals surface area contributed by atoms with Crippen molar-refractivity contribution in [3.8, 4) is 11.1 Å². The summed E-state index contributed by atoms with van der Waals surface area (Å²) in [7, 11) is 0. The fraction of sp³-hybridized carbons (Fsp3) is 0.0625. The van der Waals surface area contributed by atoms with Crippen LogP contribution < -0.4 is 0 Å². The molecule has 0 spiro atoms. The third kappa shape index (κ3) is 2.45. The van der Waals surface area contributed by atoms with Crippen LogP contribution >= 0.6 is 11.6 Å². The third-order valence-corrected chi connectivity index (χ3v) is 3.64. The first kappa shape index (κ1) is 13.5. The fourth-order valence-corrected chi connectivity index (χ4v) is 2.52. The smallest absolute Gasteiger partial charge is 0.259 e. The maximum Gasteiger partial charge on any atom is 0.277 e. The first-order valence-corrected chi connectivity index (χ1v) is 6.91. The number of benzene rings is 2. The summed E-state index contributed by atoms with van der Waals surface area (Å²) >= 11 is 5.74. The molecular weight excluding hydrogens is 288 g/mol. The van der Waals surface area contributed by atoms with Gasteiger partial charge in [-0.15, -0.1) is 11.6 Å². The number of nitrogens with zero attached hydrogens (tertiary/aromatic N) is 2. The van der Waals surface area contributed by atoms with Gasteiger partial charge in [-0.3, -0.25) is 15.1 Å². The van der Waals surface area contributed by atoms with Crippen molar-refractivity contribution < 1.29 is 4.92 Å². The van der Waals surface area contributed by atoms with Crippen LogP contribution in [-0.2, 0) is 5.88 Å². The van der Waals surface area contributed by atoms with Gasteiger partial charge in [0.05, 0.1) is 21.9 Å². The first-order valence-electron chi connectivity index (χ1n) is 6.38. The molecule has 3 rings (SSSR count). The highest BCUT2D eigenvalue weighted by Gasteiger charge is 2.14. The number of non-ortho nitro benzene ring substituents is 1. The molecule has 0 radical (unpaired) electrons. The van der Waals surface area contributed by atoms with Gasteiger partial charge in [0.25, 0.3) is 5.69 Å². The second-order valence-corrected chi connectivity index (χ2v) is 4.87. The third-order valence-electron chi connectivity index (χ3n) is 3.37. The Balaban J connectivity index is 2.23. The van der Waals surface area contributed by atoms with E-state index in [2.05, 4.69) is 4.98 Å². The molecule has 0 atom stereocenters. The molecule has 0 bridgehead atoms. The topological polar surface area (TPSA) is 56.0 Å². The SMILES string of the molecule is O=[N+]([O-])c1ccc(-c2ccc(CCl)nc2)c2ccccc12. The fourth-order valence-electron chi connectivity index (χ4n) is 2.36. The van der Waals surface area contributed by atoms with E-state index in [4.69, 9.17) is 11.6 Å². The van der Waals surface area contributed by atoms with Crippen LogP contribution in [0.25, 0.3) is 21.9 Å². The molecule has 0 aliphatic carbocycles. The lowest BCUT2D eigenvalue weighted by atomic mass is 9.98. The van der Waals surface area contributed by atoms with Crippen LogP contribution in [-0.4, -0.2) is 9.91 Å². The second-order valence-electron chi connectivity index (χ2n) is 4.61. The van der Waals surface area contributed by atoms with Gasteiger partial charge < -0.3 is 0 Å². The Morgan fingerprint density at radius 3 is 2.43 bits per heavy atom. The van der Waals surface area contributed by atoms with Crippen molar-refractivity contribution in [3.63, 3.8) is 0 Å². The summed E-state index contributed by atoms with van der Waals surface area (Å²) in [6.07, 6.45) is 1.74. The number of aromatic nitrogens is 1. The van der Waals surface area contributed by atoms with Crippen LogP contribution in [0.4, 0.5) is 5.69 Å². The van der Waals surface area contributed by atoms with Crippen LogP contribution in [0.1, 0.15) is 5.69 Å². The van der Waals surface area contributed by atoms with E-state index in [9.17, 15) is 10.1 Å². The van der Waals surface area contributed by atoms with Gasteiger partial charge in [0.2, 0.25) is 0 Å². The predicted molar refractivity (Wildman–Crippen MR) is 83.4 cm³/mol. The van der Waals surface area contributed by atoms with Crippen LogP contribution in [0.15, 0.2) is 54.7 Å². The number of hydrogen-bond acceptors (Lipinski definition) is 3. The highest BCUT2D eigenvalue weighted by molar-refractivity contribution is 6.16. The van der Waals surface area contributed by atoms with Gasteiger partial charge in [0.1, 0.15) is 0 Å². The minimum Gasteiger partial charge on any atom is -0.259 e. The quantitative estimate of drug-likeness (QED) is 0.405. The van der Waals surface area contributed by atoms with Crippen LogP contribution in [0.3, 0.4) is 0 Å². The number of pyridine rings is 1. The Kier molecular flexibility index (Phi) is 3.54. The Morgan fingerprint density at radius 2 is 1.81 bits per heavy atom. The number of alkyl halides is 1. The molecule has 1 heterocycles. The van der Waals surface area contributed by atoms with E-state index < -0.39 is 0 Å². The highest BCUT2D eigenvalue weighted by Crippen LogP contribution is 2.33. The molecule has 2 aromatic carbocycles. The summed E-state index contributed by atoms with van der Waals surface area (Å²) in [5.41, 5.74) is 2.74. The van der Waals surface area contributed by atoms with E-state index in [0.717, 1.165) is 22.2 Å². The van der Waals surface area contributed by atoms with Crippen LogP contribution in [0, 0.1) is 10.1 Å². The molecule has 4 nitrogen and oxygen atoms in total. The zero-order valence-electron chi connectivity index (χ0n) is 11.0. The maximum absolute atomic E-state index is 11.1. The lowest BCUT2D eigenvalue weighted by Gasteiger charge is -2.07. The van der Waals surface area contributed by atoms with Crippen molar-refractivity contribution in [1.29, 1.82) is 0 Å². The Hall–Kier alpha value is -2.46. The van der Waals surface area contributed by atoms with Gasteiger partial charge in [-0.2, -0.15) is 0 Å². The molecule has 0 aliphatic rings. The largest absolute Gasteiger partial charge is 0.277 e. The second kappa shape index (κ2) is 5.50. The molecule has 21 heavy (non-hydrogen) atoms. The average Bonchev–Trinajstić information content (AvgIpc) is 2.54. The highest BCUT2D eigenvalue weighted by atomic mass is 35.5. The summed E-state index contributed by atoms with van der Waals surface area (Å²) in [4.78, 5) is 15.0. The molecule has 104 valence electrons. The molecule has 3 aromatic rings. The molecule has 5 heteroatoms. The van der Waals surface area contributed by atoms with Gasteiger partial charge in [0.15, 0.2) is 0 Å². The van der Waals surface area contributed by atoms with E-state index in [1.54, 1.807) is 24.4 Å². The Labute approximate surface area is 126 Å². The number of halogens is 1. The normalized spacial score (nSPS) is 10.7. The van der Waals surface area contributed by atoms with Crippen LogP contribution in [0.2, 0.25) is 0 Å². The molecule has 0 unspecified atom stereocenters. The van der Waals surface area contributed by atoms with E-state index >= 15 is 0 Å². The summed E-state index contributed by atoms with van der Waals surface area (Å²) in [5.74, 6) is 0.362. The monoisotopic (exact) mass is 298 g/mol. The minimum absolute atomic E-state index is 0.111. The van der Waals surface area contributed by atoms with E-state index in [1.807, 2.05) is 24.3 Å². The lowest BCUT2D eigenvalue weighted by molar-refractivity contribution is -0.383. The molecule has 1 aromatic heterocycles. The van der Waals surface area contributed by atoms with Gasteiger partial charge in [0, 0.05) is 17.8 Å². The number of nitro groups is 1. The molecule has 0 saturated heterocycles. The van der Waals surface area contributed by atoms with Crippen molar-refractivity contribution in [2.45, 2.75) is 5.88 Å². The number of nitro benzene ring substituents is 1. The maximum atomic E-state index is 11.1. The van der Waals surface area contributed by atoms with Crippen LogP contribution in [0.5, 0.6) is 0 Å². The van der Waals surface area contributed by atoms with Crippen molar-refractivity contribution in [2.24, 2.45) is 0 Å². The van der Waals surface area contributed by atoms with Gasteiger partial charge in [-0.05, 0) is 29.1 Å². The van der Waals surface area contributed by atoms with Gasteiger partial charge in [-0.25, -0.2) is 0 Å². The first-order chi connectivity index (χ1) is 10.2. The summed E-state index contributed by atoms with van der Waals surface area (Å²) in [6.45, 7) is 0. The van der Waals surface area contributed by atoms with E-state index in [-0.39, 0.29) is 10.6 Å². The Bertz CT molecular complexity index is 816. The standard InChI is InChI=1S/C16H11ClN2O2/c17-9-12-6-5-11(10-18-12)13-7-8-16(19(20)21)15-4-2-1-3-14(13)15/h1-8,10H,9H2. The van der Waals surface area contributed by atoms with E-state index in [0.29, 0.717) is 11.3 Å². The van der Waals surface area contributed by atoms with Crippen molar-refractivity contribution in [1.82, 2.24) is 4.98 Å². The lowest BCUT2D eigenvalue weighted by Crippen LogP contribution is -1.92. The number of rotatable bonds is 3. The average molecular weight is 299 g/mol. The molecule has 0 saturated carbocycles. The number of hydrogen-bond donors (Lipinski definition) is 0. The molecule has 0 N–H and O–H groups in total. The summed E-state index contributed by atoms with van der Waals surface area (Å²) in [5, 5.41) is 12.6. The molecule has 0 aliphatic heterocycles. The molecule has 0 fully saturated rings. The van der Waals surface area contributed by atoms with Crippen molar-refractivity contribution >= 4 is 28.1 Å². The van der Waals surface area contributed by atoms with Crippen molar-refractivity contribution in [3.05, 3.63) is 70.5 Å². The number of fused-ring (bicyclic) bond motifs is 1. The summed E-state index contributed by atoms with van der Waals surface area (Å²) < 4.78 is 0. The predicted octanol–water partition coefficient (Wildman–Crippen LogP) is 4.55. The zero-order valence-corrected chi connectivity index (χ0v) is 11.7. The summed E-state index contributed by atoms with van der Waals surface area (Å²) in [6, 6.07) is 14.4. The molecular formula is C16H11ClN2O2. The molecule has 0 amide bonds. The Morgan fingerprint density at radius 1 is 1.05 bits per heavy atom. The van der Waals surface area contributed by atoms with E-state index in [1.165, 1.54) is 6.07 Å².